The van der Waals surface area contributed by atoms with Crippen LogP contribution in [0.2, 0.25) is 0 Å². The zero-order valence-electron chi connectivity index (χ0n) is 12.7. The number of amides is 1. The van der Waals surface area contributed by atoms with Crippen LogP contribution >= 0.6 is 0 Å². The molecule has 2 rings (SSSR count). The minimum Gasteiger partial charge on any atom is -0.497 e. The van der Waals surface area contributed by atoms with Crippen molar-refractivity contribution in [3.05, 3.63) is 65.7 Å². The van der Waals surface area contributed by atoms with Gasteiger partial charge in [0.05, 0.1) is 12.5 Å². The fourth-order valence-electron chi connectivity index (χ4n) is 2.14. The van der Waals surface area contributed by atoms with Gasteiger partial charge in [-0.05, 0) is 37.1 Å². The molecule has 0 saturated carbocycles. The molecule has 110 valence electrons. The van der Waals surface area contributed by atoms with Crippen LogP contribution in [0.25, 0.3) is 0 Å². The lowest BCUT2D eigenvalue weighted by atomic mass is 9.83. The molecule has 2 aromatic carbocycles. The average Bonchev–Trinajstić information content (AvgIpc) is 2.53. The summed E-state index contributed by atoms with van der Waals surface area (Å²) in [6.07, 6.45) is 0. The monoisotopic (exact) mass is 283 g/mol. The van der Waals surface area contributed by atoms with Crippen LogP contribution in [-0.4, -0.2) is 13.0 Å². The molecule has 0 atom stereocenters. The second kappa shape index (κ2) is 6.44. The van der Waals surface area contributed by atoms with E-state index in [0.717, 1.165) is 16.9 Å². The van der Waals surface area contributed by atoms with Gasteiger partial charge in [0, 0.05) is 6.54 Å². The average molecular weight is 283 g/mol. The summed E-state index contributed by atoms with van der Waals surface area (Å²) in [5.74, 6) is 0.802. The molecule has 0 unspecified atom stereocenters. The van der Waals surface area contributed by atoms with Crippen LogP contribution in [0.15, 0.2) is 54.6 Å². The molecule has 21 heavy (non-hydrogen) atoms. The van der Waals surface area contributed by atoms with Crippen molar-refractivity contribution in [3.63, 3.8) is 0 Å². The van der Waals surface area contributed by atoms with Crippen LogP contribution in [0.4, 0.5) is 0 Å². The third-order valence-electron chi connectivity index (χ3n) is 3.68. The Morgan fingerprint density at radius 3 is 2.24 bits per heavy atom. The molecule has 3 nitrogen and oxygen atoms in total. The van der Waals surface area contributed by atoms with Crippen molar-refractivity contribution in [1.82, 2.24) is 5.32 Å². The highest BCUT2D eigenvalue weighted by atomic mass is 16.5. The van der Waals surface area contributed by atoms with Crippen LogP contribution in [0.1, 0.15) is 25.0 Å². The van der Waals surface area contributed by atoms with E-state index in [0.29, 0.717) is 6.54 Å². The Bertz CT molecular complexity index is 588. The minimum atomic E-state index is -0.582. The molecule has 0 aliphatic heterocycles. The zero-order valence-corrected chi connectivity index (χ0v) is 12.7. The number of carbonyl (C=O) groups excluding carboxylic acids is 1. The van der Waals surface area contributed by atoms with Crippen molar-refractivity contribution in [2.45, 2.75) is 25.8 Å². The molecule has 3 heteroatoms. The highest BCUT2D eigenvalue weighted by Crippen LogP contribution is 2.25. The Morgan fingerprint density at radius 2 is 1.67 bits per heavy atom. The van der Waals surface area contributed by atoms with E-state index in [1.54, 1.807) is 7.11 Å². The van der Waals surface area contributed by atoms with E-state index in [9.17, 15) is 4.79 Å². The van der Waals surface area contributed by atoms with Gasteiger partial charge >= 0.3 is 0 Å². The fraction of sp³-hybridized carbons (Fsp3) is 0.278. The summed E-state index contributed by atoms with van der Waals surface area (Å²) in [6, 6.07) is 17.5. The van der Waals surface area contributed by atoms with E-state index in [1.165, 1.54) is 0 Å². The minimum absolute atomic E-state index is 0.0107. The normalized spacial score (nSPS) is 11.0. The van der Waals surface area contributed by atoms with Crippen LogP contribution in [-0.2, 0) is 16.8 Å². The molecule has 0 heterocycles. The lowest BCUT2D eigenvalue weighted by Crippen LogP contribution is -2.39. The second-order valence-electron chi connectivity index (χ2n) is 5.52. The largest absolute Gasteiger partial charge is 0.497 e. The molecule has 0 saturated heterocycles. The first-order valence-corrected chi connectivity index (χ1v) is 7.01. The van der Waals surface area contributed by atoms with Crippen LogP contribution in [0, 0.1) is 0 Å². The first-order valence-electron chi connectivity index (χ1n) is 7.01. The van der Waals surface area contributed by atoms with E-state index in [4.69, 9.17) is 4.74 Å². The standard InChI is InChI=1S/C18H21NO2/c1-18(2,15-9-11-16(21-3)12-10-15)17(20)19-13-14-7-5-4-6-8-14/h4-12H,13H2,1-3H3,(H,19,20). The van der Waals surface area contributed by atoms with Gasteiger partial charge in [-0.1, -0.05) is 42.5 Å². The Kier molecular flexibility index (Phi) is 4.63. The third kappa shape index (κ3) is 3.63. The van der Waals surface area contributed by atoms with Gasteiger partial charge in [-0.15, -0.1) is 0 Å². The molecule has 0 bridgehead atoms. The first-order chi connectivity index (χ1) is 10.0. The molecule has 0 aliphatic carbocycles. The molecule has 0 radical (unpaired) electrons. The van der Waals surface area contributed by atoms with Crippen molar-refractivity contribution in [2.75, 3.05) is 7.11 Å². The predicted molar refractivity (Wildman–Crippen MR) is 84.3 cm³/mol. The lowest BCUT2D eigenvalue weighted by molar-refractivity contribution is -0.125. The summed E-state index contributed by atoms with van der Waals surface area (Å²) in [5.41, 5.74) is 1.48. The van der Waals surface area contributed by atoms with Gasteiger partial charge in [-0.2, -0.15) is 0 Å². The van der Waals surface area contributed by atoms with E-state index >= 15 is 0 Å². The highest BCUT2D eigenvalue weighted by molar-refractivity contribution is 5.87. The number of nitrogens with one attached hydrogen (secondary N) is 1. The summed E-state index contributed by atoms with van der Waals surface area (Å²) in [4.78, 5) is 12.5. The van der Waals surface area contributed by atoms with Crippen LogP contribution in [0.3, 0.4) is 0 Å². The molecule has 1 N–H and O–H groups in total. The summed E-state index contributed by atoms with van der Waals surface area (Å²) < 4.78 is 5.15. The smallest absolute Gasteiger partial charge is 0.230 e. The number of carbonyl (C=O) groups is 1. The van der Waals surface area contributed by atoms with E-state index in [2.05, 4.69) is 5.32 Å². The van der Waals surface area contributed by atoms with E-state index < -0.39 is 5.41 Å². The second-order valence-corrected chi connectivity index (χ2v) is 5.52. The van der Waals surface area contributed by atoms with Gasteiger partial charge in [0.25, 0.3) is 0 Å². The van der Waals surface area contributed by atoms with Gasteiger partial charge in [0.2, 0.25) is 5.91 Å². The lowest BCUT2D eigenvalue weighted by Gasteiger charge is -2.24. The quantitative estimate of drug-likeness (QED) is 0.914. The maximum absolute atomic E-state index is 12.5. The molecule has 0 fully saturated rings. The Balaban J connectivity index is 2.05. The van der Waals surface area contributed by atoms with Gasteiger partial charge in [-0.25, -0.2) is 0 Å². The van der Waals surface area contributed by atoms with Crippen LogP contribution < -0.4 is 10.1 Å². The maximum Gasteiger partial charge on any atom is 0.230 e. The van der Waals surface area contributed by atoms with Gasteiger partial charge in [0.15, 0.2) is 0 Å². The van der Waals surface area contributed by atoms with Crippen molar-refractivity contribution in [1.29, 1.82) is 0 Å². The molecule has 0 aliphatic rings. The summed E-state index contributed by atoms with van der Waals surface area (Å²) in [6.45, 7) is 4.39. The first kappa shape index (κ1) is 15.1. The molecule has 1 amide bonds. The SMILES string of the molecule is COc1ccc(C(C)(C)C(=O)NCc2ccccc2)cc1. The van der Waals surface area contributed by atoms with E-state index in [-0.39, 0.29) is 5.91 Å². The molecule has 0 spiro atoms. The summed E-state index contributed by atoms with van der Waals surface area (Å²) in [7, 11) is 1.63. The van der Waals surface area contributed by atoms with Crippen molar-refractivity contribution < 1.29 is 9.53 Å². The van der Waals surface area contributed by atoms with Crippen molar-refractivity contribution >= 4 is 5.91 Å². The predicted octanol–water partition coefficient (Wildman–Crippen LogP) is 3.29. The zero-order chi connectivity index (χ0) is 15.3. The number of hydrogen-bond donors (Lipinski definition) is 1. The van der Waals surface area contributed by atoms with Gasteiger partial charge in [-0.3, -0.25) is 4.79 Å². The van der Waals surface area contributed by atoms with Gasteiger partial charge in [0.1, 0.15) is 5.75 Å². The third-order valence-corrected chi connectivity index (χ3v) is 3.68. The number of methoxy groups -OCH3 is 1. The topological polar surface area (TPSA) is 38.3 Å². The summed E-state index contributed by atoms with van der Waals surface area (Å²) >= 11 is 0. The number of rotatable bonds is 5. The molecule has 0 aromatic heterocycles. The maximum atomic E-state index is 12.5. The highest BCUT2D eigenvalue weighted by Gasteiger charge is 2.29. The number of hydrogen-bond acceptors (Lipinski definition) is 2. The molecular formula is C18H21NO2. The van der Waals surface area contributed by atoms with Crippen LogP contribution in [0.5, 0.6) is 5.75 Å². The Morgan fingerprint density at radius 1 is 1.05 bits per heavy atom. The number of ether oxygens (including phenoxy) is 1. The Hall–Kier alpha value is -2.29. The fourth-order valence-corrected chi connectivity index (χ4v) is 2.14. The van der Waals surface area contributed by atoms with Crippen molar-refractivity contribution in [3.8, 4) is 5.75 Å². The van der Waals surface area contributed by atoms with E-state index in [1.807, 2.05) is 68.4 Å². The Labute approximate surface area is 126 Å². The number of benzene rings is 2. The van der Waals surface area contributed by atoms with Gasteiger partial charge < -0.3 is 10.1 Å². The summed E-state index contributed by atoms with van der Waals surface area (Å²) in [5, 5.41) is 3.00. The molecule has 2 aromatic rings. The van der Waals surface area contributed by atoms with Crippen molar-refractivity contribution in [2.24, 2.45) is 0 Å². The molecular weight excluding hydrogens is 262 g/mol.